The summed E-state index contributed by atoms with van der Waals surface area (Å²) in [5, 5.41) is 4.98. The number of amides is 1. The zero-order valence-electron chi connectivity index (χ0n) is 9.35. The first kappa shape index (κ1) is 14.8. The predicted molar refractivity (Wildman–Crippen MR) is 62.2 cm³/mol. The van der Waals surface area contributed by atoms with Gasteiger partial charge in [0, 0.05) is 11.6 Å². The number of hydrogen-bond donors (Lipinski definition) is 2. The maximum absolute atomic E-state index is 11.8. The van der Waals surface area contributed by atoms with E-state index < -0.39 is 18.6 Å². The molecule has 0 aliphatic heterocycles. The number of carbonyl (C=O) groups is 1. The van der Waals surface area contributed by atoms with Crippen molar-refractivity contribution in [2.75, 3.05) is 13.1 Å². The van der Waals surface area contributed by atoms with Crippen LogP contribution in [0.2, 0.25) is 5.02 Å². The van der Waals surface area contributed by atoms with Crippen LogP contribution >= 0.6 is 11.6 Å². The normalized spacial score (nSPS) is 11.3. The molecule has 1 aromatic rings. The average Bonchev–Trinajstić information content (AvgIpc) is 2.26. The fourth-order valence-electron chi connectivity index (χ4n) is 1.22. The third-order valence-electron chi connectivity index (χ3n) is 2.04. The Labute approximate surface area is 107 Å². The van der Waals surface area contributed by atoms with Crippen molar-refractivity contribution >= 4 is 17.5 Å². The summed E-state index contributed by atoms with van der Waals surface area (Å²) in [6.07, 6.45) is -4.32. The molecule has 1 rings (SSSR count). The lowest BCUT2D eigenvalue weighted by atomic mass is 10.2. The summed E-state index contributed by atoms with van der Waals surface area (Å²) >= 11 is 5.86. The molecule has 1 aromatic carbocycles. The molecule has 0 bridgehead atoms. The Bertz CT molecular complexity index is 410. The van der Waals surface area contributed by atoms with Crippen LogP contribution in [0.3, 0.4) is 0 Å². The van der Waals surface area contributed by atoms with Crippen molar-refractivity contribution in [1.82, 2.24) is 10.6 Å². The molecule has 100 valence electrons. The molecular formula is C11H12ClF3N2O. The minimum absolute atomic E-state index is 0.187. The van der Waals surface area contributed by atoms with Crippen molar-refractivity contribution in [3.63, 3.8) is 0 Å². The second kappa shape index (κ2) is 6.61. The highest BCUT2D eigenvalue weighted by atomic mass is 35.5. The number of halogens is 4. The van der Waals surface area contributed by atoms with Crippen LogP contribution in [0, 0.1) is 0 Å². The molecule has 0 spiro atoms. The minimum atomic E-state index is -4.32. The zero-order chi connectivity index (χ0) is 13.6. The molecule has 0 unspecified atom stereocenters. The molecule has 0 aliphatic carbocycles. The number of nitrogens with one attached hydrogen (secondary N) is 2. The Morgan fingerprint density at radius 1 is 1.28 bits per heavy atom. The van der Waals surface area contributed by atoms with Crippen molar-refractivity contribution in [2.45, 2.75) is 12.7 Å². The van der Waals surface area contributed by atoms with Gasteiger partial charge in [-0.3, -0.25) is 4.79 Å². The number of alkyl halides is 3. The summed E-state index contributed by atoms with van der Waals surface area (Å²) in [5.41, 5.74) is 0.711. The van der Waals surface area contributed by atoms with Gasteiger partial charge in [0.25, 0.3) is 0 Å². The highest BCUT2D eigenvalue weighted by Gasteiger charge is 2.26. The molecule has 1 amide bonds. The smallest absolute Gasteiger partial charge is 0.351 e. The van der Waals surface area contributed by atoms with Gasteiger partial charge in [0.15, 0.2) is 0 Å². The lowest BCUT2D eigenvalue weighted by Crippen LogP contribution is -2.38. The monoisotopic (exact) mass is 280 g/mol. The van der Waals surface area contributed by atoms with Crippen LogP contribution in [0.5, 0.6) is 0 Å². The van der Waals surface area contributed by atoms with Gasteiger partial charge < -0.3 is 10.6 Å². The molecule has 2 N–H and O–H groups in total. The average molecular weight is 281 g/mol. The lowest BCUT2D eigenvalue weighted by molar-refractivity contribution is -0.128. The van der Waals surface area contributed by atoms with Crippen LogP contribution < -0.4 is 10.6 Å². The molecule has 0 heterocycles. The second-order valence-electron chi connectivity index (χ2n) is 3.59. The van der Waals surface area contributed by atoms with E-state index in [9.17, 15) is 18.0 Å². The summed E-state index contributed by atoms with van der Waals surface area (Å²) < 4.78 is 35.4. The first-order chi connectivity index (χ1) is 8.38. The maximum Gasteiger partial charge on any atom is 0.401 e. The molecule has 0 radical (unpaired) electrons. The summed E-state index contributed by atoms with van der Waals surface area (Å²) in [6, 6.07) is 6.91. The van der Waals surface area contributed by atoms with Gasteiger partial charge in [-0.05, 0) is 11.6 Å². The second-order valence-corrected chi connectivity index (χ2v) is 3.99. The standard InChI is InChI=1S/C11H12ClF3N2O/c12-9-4-2-1-3-8(9)5-17-10(18)6-16-7-11(13,14)15/h1-4,16H,5-7H2,(H,17,18). The van der Waals surface area contributed by atoms with Gasteiger partial charge in [0.05, 0.1) is 13.1 Å². The van der Waals surface area contributed by atoms with Crippen LogP contribution in [0.1, 0.15) is 5.56 Å². The largest absolute Gasteiger partial charge is 0.401 e. The number of benzene rings is 1. The molecule has 0 aromatic heterocycles. The van der Waals surface area contributed by atoms with Crippen LogP contribution in [0.15, 0.2) is 24.3 Å². The van der Waals surface area contributed by atoms with E-state index in [1.54, 1.807) is 24.3 Å². The van der Waals surface area contributed by atoms with Crippen LogP contribution in [0.25, 0.3) is 0 Å². The fourth-order valence-corrected chi connectivity index (χ4v) is 1.42. The predicted octanol–water partition coefficient (Wildman–Crippen LogP) is 2.11. The first-order valence-electron chi connectivity index (χ1n) is 5.16. The molecule has 3 nitrogen and oxygen atoms in total. The highest BCUT2D eigenvalue weighted by Crippen LogP contribution is 2.14. The van der Waals surface area contributed by atoms with E-state index in [0.29, 0.717) is 10.6 Å². The Hall–Kier alpha value is -1.27. The SMILES string of the molecule is O=C(CNCC(F)(F)F)NCc1ccccc1Cl. The van der Waals surface area contributed by atoms with E-state index in [-0.39, 0.29) is 13.1 Å². The molecule has 18 heavy (non-hydrogen) atoms. The van der Waals surface area contributed by atoms with Gasteiger partial charge in [-0.15, -0.1) is 0 Å². The highest BCUT2D eigenvalue weighted by molar-refractivity contribution is 6.31. The third kappa shape index (κ3) is 5.88. The summed E-state index contributed by atoms with van der Waals surface area (Å²) in [7, 11) is 0. The maximum atomic E-state index is 11.8. The van der Waals surface area contributed by atoms with Crippen molar-refractivity contribution in [3.8, 4) is 0 Å². The van der Waals surface area contributed by atoms with E-state index >= 15 is 0 Å². The Morgan fingerprint density at radius 2 is 1.94 bits per heavy atom. The van der Waals surface area contributed by atoms with Crippen molar-refractivity contribution in [3.05, 3.63) is 34.9 Å². The van der Waals surface area contributed by atoms with Gasteiger partial charge in [0.1, 0.15) is 0 Å². The Balaban J connectivity index is 2.28. The van der Waals surface area contributed by atoms with Crippen LogP contribution in [0.4, 0.5) is 13.2 Å². The van der Waals surface area contributed by atoms with Crippen molar-refractivity contribution in [1.29, 1.82) is 0 Å². The van der Waals surface area contributed by atoms with Gasteiger partial charge in [0.2, 0.25) is 5.91 Å². The summed E-state index contributed by atoms with van der Waals surface area (Å²) in [6.45, 7) is -1.39. The van der Waals surface area contributed by atoms with E-state index in [4.69, 9.17) is 11.6 Å². The molecule has 0 saturated heterocycles. The topological polar surface area (TPSA) is 41.1 Å². The van der Waals surface area contributed by atoms with Gasteiger partial charge in [-0.25, -0.2) is 0 Å². The van der Waals surface area contributed by atoms with Crippen molar-refractivity contribution < 1.29 is 18.0 Å². The molecule has 0 aliphatic rings. The molecule has 7 heteroatoms. The lowest BCUT2D eigenvalue weighted by Gasteiger charge is -2.09. The van der Waals surface area contributed by atoms with Crippen molar-refractivity contribution in [2.24, 2.45) is 0 Å². The molecular weight excluding hydrogens is 269 g/mol. The van der Waals surface area contributed by atoms with Gasteiger partial charge in [-0.1, -0.05) is 29.8 Å². The Morgan fingerprint density at radius 3 is 2.56 bits per heavy atom. The van der Waals surface area contributed by atoms with Gasteiger partial charge >= 0.3 is 6.18 Å². The number of rotatable bonds is 5. The van der Waals surface area contributed by atoms with E-state index in [1.807, 2.05) is 5.32 Å². The minimum Gasteiger partial charge on any atom is -0.351 e. The Kier molecular flexibility index (Phi) is 5.43. The molecule has 0 atom stereocenters. The van der Waals surface area contributed by atoms with E-state index in [0.717, 1.165) is 0 Å². The number of hydrogen-bond acceptors (Lipinski definition) is 2. The van der Waals surface area contributed by atoms with Gasteiger partial charge in [-0.2, -0.15) is 13.2 Å². The zero-order valence-corrected chi connectivity index (χ0v) is 10.1. The third-order valence-corrected chi connectivity index (χ3v) is 2.41. The first-order valence-corrected chi connectivity index (χ1v) is 5.54. The molecule has 0 saturated carbocycles. The van der Waals surface area contributed by atoms with Crippen LogP contribution in [-0.4, -0.2) is 25.2 Å². The molecule has 0 fully saturated rings. The number of carbonyl (C=O) groups excluding carboxylic acids is 1. The summed E-state index contributed by atoms with van der Waals surface area (Å²) in [5.74, 6) is -0.515. The quantitative estimate of drug-likeness (QED) is 0.867. The van der Waals surface area contributed by atoms with Crippen LogP contribution in [-0.2, 0) is 11.3 Å². The van der Waals surface area contributed by atoms with E-state index in [2.05, 4.69) is 5.32 Å². The summed E-state index contributed by atoms with van der Waals surface area (Å²) in [4.78, 5) is 11.2. The van der Waals surface area contributed by atoms with E-state index in [1.165, 1.54) is 0 Å². The fraction of sp³-hybridized carbons (Fsp3) is 0.364.